The summed E-state index contributed by atoms with van der Waals surface area (Å²) in [5.74, 6) is 0. The standard InChI is InChI=1S/C18H22BrNO/c1-3-17(14-9-7-10-16(19)12-14)20-18-11-6-5-8-15(18)13-21-4-2/h5-12,17,20H,3-4,13H2,1-2H3. The van der Waals surface area contributed by atoms with Gasteiger partial charge in [-0.15, -0.1) is 0 Å². The van der Waals surface area contributed by atoms with E-state index in [4.69, 9.17) is 4.74 Å². The molecule has 0 saturated heterocycles. The minimum atomic E-state index is 0.297. The minimum Gasteiger partial charge on any atom is -0.378 e. The third-order valence-corrected chi connectivity index (χ3v) is 3.96. The zero-order chi connectivity index (χ0) is 15.1. The lowest BCUT2D eigenvalue weighted by Gasteiger charge is -2.21. The van der Waals surface area contributed by atoms with E-state index < -0.39 is 0 Å². The maximum Gasteiger partial charge on any atom is 0.0736 e. The van der Waals surface area contributed by atoms with Crippen LogP contribution in [-0.4, -0.2) is 6.61 Å². The first-order valence-electron chi connectivity index (χ1n) is 7.42. The minimum absolute atomic E-state index is 0.297. The van der Waals surface area contributed by atoms with Crippen molar-refractivity contribution in [3.63, 3.8) is 0 Å². The van der Waals surface area contributed by atoms with E-state index in [1.54, 1.807) is 0 Å². The van der Waals surface area contributed by atoms with Crippen LogP contribution in [0.2, 0.25) is 0 Å². The lowest BCUT2D eigenvalue weighted by atomic mass is 10.0. The van der Waals surface area contributed by atoms with Crippen molar-refractivity contribution < 1.29 is 4.74 Å². The van der Waals surface area contributed by atoms with E-state index >= 15 is 0 Å². The number of halogens is 1. The molecule has 1 unspecified atom stereocenters. The predicted octanol–water partition coefficient (Wildman–Crippen LogP) is 5.55. The van der Waals surface area contributed by atoms with Crippen molar-refractivity contribution in [1.29, 1.82) is 0 Å². The molecule has 0 spiro atoms. The van der Waals surface area contributed by atoms with Crippen molar-refractivity contribution >= 4 is 21.6 Å². The molecule has 0 heterocycles. The van der Waals surface area contributed by atoms with Crippen LogP contribution in [-0.2, 0) is 11.3 Å². The molecular formula is C18H22BrNO. The SMILES string of the molecule is CCOCc1ccccc1NC(CC)c1cccc(Br)c1. The first-order chi connectivity index (χ1) is 10.2. The molecule has 0 aliphatic rings. The molecular weight excluding hydrogens is 326 g/mol. The van der Waals surface area contributed by atoms with Gasteiger partial charge in [-0.1, -0.05) is 53.2 Å². The van der Waals surface area contributed by atoms with Crippen LogP contribution in [0.1, 0.15) is 37.4 Å². The molecule has 0 aromatic heterocycles. The Bertz CT molecular complexity index is 571. The Balaban J connectivity index is 2.18. The number of ether oxygens (including phenoxy) is 1. The number of para-hydroxylation sites is 1. The van der Waals surface area contributed by atoms with Gasteiger partial charge in [0.15, 0.2) is 0 Å². The van der Waals surface area contributed by atoms with E-state index in [0.29, 0.717) is 12.6 Å². The second-order valence-electron chi connectivity index (χ2n) is 4.95. The summed E-state index contributed by atoms with van der Waals surface area (Å²) in [6.45, 7) is 5.60. The van der Waals surface area contributed by atoms with E-state index in [1.807, 2.05) is 6.92 Å². The Morgan fingerprint density at radius 1 is 1.10 bits per heavy atom. The van der Waals surface area contributed by atoms with Crippen molar-refractivity contribution in [1.82, 2.24) is 0 Å². The van der Waals surface area contributed by atoms with Gasteiger partial charge in [-0.2, -0.15) is 0 Å². The molecule has 0 bridgehead atoms. The smallest absolute Gasteiger partial charge is 0.0736 e. The van der Waals surface area contributed by atoms with E-state index in [2.05, 4.69) is 76.7 Å². The van der Waals surface area contributed by atoms with Gasteiger partial charge in [-0.05, 0) is 37.1 Å². The van der Waals surface area contributed by atoms with Crippen molar-refractivity contribution in [3.8, 4) is 0 Å². The number of hydrogen-bond donors (Lipinski definition) is 1. The highest BCUT2D eigenvalue weighted by Crippen LogP contribution is 2.27. The van der Waals surface area contributed by atoms with Gasteiger partial charge in [0, 0.05) is 22.3 Å². The van der Waals surface area contributed by atoms with Gasteiger partial charge >= 0.3 is 0 Å². The summed E-state index contributed by atoms with van der Waals surface area (Å²) < 4.78 is 6.67. The number of rotatable bonds is 7. The molecule has 21 heavy (non-hydrogen) atoms. The highest BCUT2D eigenvalue weighted by molar-refractivity contribution is 9.10. The van der Waals surface area contributed by atoms with Gasteiger partial charge < -0.3 is 10.1 Å². The van der Waals surface area contributed by atoms with Crippen molar-refractivity contribution in [2.75, 3.05) is 11.9 Å². The Morgan fingerprint density at radius 3 is 2.62 bits per heavy atom. The molecule has 2 nitrogen and oxygen atoms in total. The van der Waals surface area contributed by atoms with Crippen LogP contribution in [0.3, 0.4) is 0 Å². The van der Waals surface area contributed by atoms with Crippen LogP contribution in [0.5, 0.6) is 0 Å². The normalized spacial score (nSPS) is 12.1. The fourth-order valence-electron chi connectivity index (χ4n) is 2.33. The summed E-state index contributed by atoms with van der Waals surface area (Å²) in [5.41, 5.74) is 3.64. The van der Waals surface area contributed by atoms with Gasteiger partial charge in [0.2, 0.25) is 0 Å². The van der Waals surface area contributed by atoms with Crippen LogP contribution in [0.4, 0.5) is 5.69 Å². The van der Waals surface area contributed by atoms with E-state index in [-0.39, 0.29) is 0 Å². The van der Waals surface area contributed by atoms with Crippen LogP contribution < -0.4 is 5.32 Å². The average Bonchev–Trinajstić information content (AvgIpc) is 2.51. The van der Waals surface area contributed by atoms with Gasteiger partial charge in [-0.25, -0.2) is 0 Å². The van der Waals surface area contributed by atoms with Crippen molar-refractivity contribution in [2.24, 2.45) is 0 Å². The highest BCUT2D eigenvalue weighted by atomic mass is 79.9. The number of nitrogens with one attached hydrogen (secondary N) is 1. The highest BCUT2D eigenvalue weighted by Gasteiger charge is 2.11. The number of benzene rings is 2. The molecule has 0 aliphatic carbocycles. The third kappa shape index (κ3) is 4.58. The molecule has 1 N–H and O–H groups in total. The Labute approximate surface area is 135 Å². The second-order valence-corrected chi connectivity index (χ2v) is 5.87. The topological polar surface area (TPSA) is 21.3 Å². The Kier molecular flexibility index (Phi) is 6.27. The summed E-state index contributed by atoms with van der Waals surface area (Å²) in [7, 11) is 0. The van der Waals surface area contributed by atoms with Crippen molar-refractivity contribution in [3.05, 3.63) is 64.1 Å². The van der Waals surface area contributed by atoms with Crippen LogP contribution in [0.15, 0.2) is 53.0 Å². The summed E-state index contributed by atoms with van der Waals surface area (Å²) in [4.78, 5) is 0. The number of anilines is 1. The summed E-state index contributed by atoms with van der Waals surface area (Å²) in [6.07, 6.45) is 1.03. The summed E-state index contributed by atoms with van der Waals surface area (Å²) in [5, 5.41) is 3.65. The van der Waals surface area contributed by atoms with E-state index in [0.717, 1.165) is 23.2 Å². The lowest BCUT2D eigenvalue weighted by Crippen LogP contribution is -2.11. The van der Waals surface area contributed by atoms with Gasteiger partial charge in [-0.3, -0.25) is 0 Å². The first kappa shape index (κ1) is 16.1. The molecule has 1 atom stereocenters. The third-order valence-electron chi connectivity index (χ3n) is 3.47. The molecule has 3 heteroatoms. The molecule has 0 amide bonds. The Hall–Kier alpha value is -1.32. The lowest BCUT2D eigenvalue weighted by molar-refractivity contribution is 0.134. The molecule has 2 aromatic rings. The molecule has 112 valence electrons. The molecule has 0 fully saturated rings. The maximum atomic E-state index is 5.55. The molecule has 2 aromatic carbocycles. The summed E-state index contributed by atoms with van der Waals surface area (Å²) >= 11 is 3.55. The van der Waals surface area contributed by atoms with Gasteiger partial charge in [0.05, 0.1) is 12.6 Å². The second kappa shape index (κ2) is 8.20. The first-order valence-corrected chi connectivity index (χ1v) is 8.21. The molecule has 0 aliphatic heterocycles. The molecule has 2 rings (SSSR count). The average molecular weight is 348 g/mol. The van der Waals surface area contributed by atoms with Crippen LogP contribution in [0.25, 0.3) is 0 Å². The Morgan fingerprint density at radius 2 is 1.90 bits per heavy atom. The van der Waals surface area contributed by atoms with Crippen molar-refractivity contribution in [2.45, 2.75) is 32.9 Å². The van der Waals surface area contributed by atoms with Crippen LogP contribution >= 0.6 is 15.9 Å². The van der Waals surface area contributed by atoms with Gasteiger partial charge in [0.1, 0.15) is 0 Å². The fourth-order valence-corrected chi connectivity index (χ4v) is 2.75. The maximum absolute atomic E-state index is 5.55. The quantitative estimate of drug-likeness (QED) is 0.708. The molecule has 0 saturated carbocycles. The fraction of sp³-hybridized carbons (Fsp3) is 0.333. The van der Waals surface area contributed by atoms with E-state index in [1.165, 1.54) is 11.1 Å². The van der Waals surface area contributed by atoms with Gasteiger partial charge in [0.25, 0.3) is 0 Å². The zero-order valence-electron chi connectivity index (χ0n) is 12.6. The van der Waals surface area contributed by atoms with E-state index in [9.17, 15) is 0 Å². The monoisotopic (exact) mass is 347 g/mol. The predicted molar refractivity (Wildman–Crippen MR) is 92.6 cm³/mol. The largest absolute Gasteiger partial charge is 0.378 e. The zero-order valence-corrected chi connectivity index (χ0v) is 14.2. The molecule has 0 radical (unpaired) electrons. The summed E-state index contributed by atoms with van der Waals surface area (Å²) in [6, 6.07) is 17.1. The number of hydrogen-bond acceptors (Lipinski definition) is 2. The van der Waals surface area contributed by atoms with Crippen LogP contribution in [0, 0.1) is 0 Å².